The molecule has 0 radical (unpaired) electrons. The molecule has 0 aliphatic heterocycles. The highest BCUT2D eigenvalue weighted by atomic mass is 19.1. The topological polar surface area (TPSA) is 68.0 Å². The maximum atomic E-state index is 12.8. The largest absolute Gasteiger partial charge is 0.384 e. The molecule has 0 bridgehead atoms. The number of nitrogen functional groups attached to an aromatic ring is 1. The number of pyridine rings is 1. The molecule has 0 aliphatic rings. The number of carbonyl (C=O) groups is 1. The Morgan fingerprint density at radius 1 is 1.30 bits per heavy atom. The molecule has 4 nitrogen and oxygen atoms in total. The average molecular weight is 273 g/mol. The van der Waals surface area contributed by atoms with Crippen LogP contribution >= 0.6 is 0 Å². The van der Waals surface area contributed by atoms with Crippen molar-refractivity contribution in [1.29, 1.82) is 0 Å². The minimum atomic E-state index is -0.346. The number of nitrogens with two attached hydrogens (primary N) is 1. The van der Waals surface area contributed by atoms with Crippen LogP contribution in [0.15, 0.2) is 36.4 Å². The van der Waals surface area contributed by atoms with E-state index in [1.54, 1.807) is 6.07 Å². The Morgan fingerprint density at radius 2 is 2.00 bits per heavy atom. The molecular formula is C15H16FN3O. The Bertz CT molecular complexity index is 611. The lowest BCUT2D eigenvalue weighted by Crippen LogP contribution is -2.13. The summed E-state index contributed by atoms with van der Waals surface area (Å²) in [6, 6.07) is 8.84. The first-order chi connectivity index (χ1) is 9.58. The molecule has 5 heteroatoms. The number of amides is 1. The van der Waals surface area contributed by atoms with Gasteiger partial charge in [0.2, 0.25) is 0 Å². The van der Waals surface area contributed by atoms with Crippen LogP contribution in [0.5, 0.6) is 0 Å². The lowest BCUT2D eigenvalue weighted by Gasteiger charge is -2.07. The fraction of sp³-hybridized carbons (Fsp3) is 0.200. The van der Waals surface area contributed by atoms with Gasteiger partial charge in [-0.05, 0) is 42.8 Å². The number of hydrogen-bond acceptors (Lipinski definition) is 3. The van der Waals surface area contributed by atoms with Crippen LogP contribution in [-0.2, 0) is 6.42 Å². The van der Waals surface area contributed by atoms with E-state index >= 15 is 0 Å². The molecule has 0 unspecified atom stereocenters. The molecule has 0 saturated carbocycles. The number of nitrogens with zero attached hydrogens (tertiary/aromatic N) is 1. The number of aryl methyl sites for hydroxylation is 1. The summed E-state index contributed by atoms with van der Waals surface area (Å²) in [4.78, 5) is 16.3. The van der Waals surface area contributed by atoms with Gasteiger partial charge in [0.1, 0.15) is 11.6 Å². The predicted octanol–water partition coefficient (Wildman–Crippen LogP) is 3.01. The molecule has 2 rings (SSSR count). The number of nitrogens with one attached hydrogen (secondary N) is 1. The first-order valence-electron chi connectivity index (χ1n) is 6.42. The van der Waals surface area contributed by atoms with Crippen LogP contribution in [-0.4, -0.2) is 10.9 Å². The van der Waals surface area contributed by atoms with Gasteiger partial charge in [-0.25, -0.2) is 9.37 Å². The highest BCUT2D eigenvalue weighted by Crippen LogP contribution is 2.13. The minimum absolute atomic E-state index is 0.289. The molecule has 1 amide bonds. The van der Waals surface area contributed by atoms with Crippen LogP contribution in [0.2, 0.25) is 0 Å². The summed E-state index contributed by atoms with van der Waals surface area (Å²) in [6.07, 6.45) is 1.69. The first-order valence-corrected chi connectivity index (χ1v) is 6.42. The first kappa shape index (κ1) is 14.0. The van der Waals surface area contributed by atoms with Gasteiger partial charge >= 0.3 is 0 Å². The van der Waals surface area contributed by atoms with Gasteiger partial charge < -0.3 is 11.1 Å². The van der Waals surface area contributed by atoms with Gasteiger partial charge in [0.25, 0.3) is 5.91 Å². The number of anilines is 2. The summed E-state index contributed by atoms with van der Waals surface area (Å²) in [7, 11) is 0. The van der Waals surface area contributed by atoms with E-state index in [1.807, 2.05) is 6.92 Å². The summed E-state index contributed by atoms with van der Waals surface area (Å²) in [5.41, 5.74) is 7.47. The van der Waals surface area contributed by atoms with E-state index in [2.05, 4.69) is 10.3 Å². The van der Waals surface area contributed by atoms with Crippen molar-refractivity contribution in [3.05, 3.63) is 53.5 Å². The van der Waals surface area contributed by atoms with E-state index in [0.717, 1.165) is 18.5 Å². The second kappa shape index (κ2) is 6.14. The smallest absolute Gasteiger partial charge is 0.255 e. The van der Waals surface area contributed by atoms with Crippen molar-refractivity contribution in [2.75, 3.05) is 11.1 Å². The van der Waals surface area contributed by atoms with E-state index in [9.17, 15) is 9.18 Å². The molecule has 104 valence electrons. The van der Waals surface area contributed by atoms with Gasteiger partial charge in [-0.1, -0.05) is 13.3 Å². The van der Waals surface area contributed by atoms with E-state index in [4.69, 9.17) is 5.73 Å². The van der Waals surface area contributed by atoms with Gasteiger partial charge in [-0.15, -0.1) is 0 Å². The lowest BCUT2D eigenvalue weighted by atomic mass is 10.1. The predicted molar refractivity (Wildman–Crippen MR) is 77.0 cm³/mol. The molecule has 0 atom stereocenters. The molecular weight excluding hydrogens is 257 g/mol. The minimum Gasteiger partial charge on any atom is -0.384 e. The van der Waals surface area contributed by atoms with Crippen molar-refractivity contribution in [1.82, 2.24) is 4.98 Å². The number of halogens is 1. The number of benzene rings is 1. The maximum Gasteiger partial charge on any atom is 0.255 e. The van der Waals surface area contributed by atoms with E-state index < -0.39 is 0 Å². The zero-order chi connectivity index (χ0) is 14.5. The Morgan fingerprint density at radius 3 is 2.65 bits per heavy atom. The summed E-state index contributed by atoms with van der Waals surface area (Å²) < 4.78 is 12.8. The molecule has 1 heterocycles. The van der Waals surface area contributed by atoms with E-state index in [1.165, 1.54) is 30.3 Å². The van der Waals surface area contributed by atoms with Crippen molar-refractivity contribution in [3.8, 4) is 0 Å². The fourth-order valence-corrected chi connectivity index (χ4v) is 1.86. The Balaban J connectivity index is 2.18. The van der Waals surface area contributed by atoms with Gasteiger partial charge in [0.05, 0.1) is 0 Å². The molecule has 0 saturated heterocycles. The third-order valence-corrected chi connectivity index (χ3v) is 2.77. The van der Waals surface area contributed by atoms with Crippen molar-refractivity contribution >= 4 is 17.4 Å². The standard InChI is InChI=1S/C15H16FN3O/c1-2-3-13-8-10(9-14(17)18-13)15(20)19-12-6-4-11(16)5-7-12/h4-9H,2-3H2,1H3,(H2,17,18)(H,19,20). The Kier molecular flexibility index (Phi) is 4.30. The summed E-state index contributed by atoms with van der Waals surface area (Å²) in [5, 5.41) is 2.69. The van der Waals surface area contributed by atoms with Crippen LogP contribution in [0.25, 0.3) is 0 Å². The van der Waals surface area contributed by atoms with Crippen LogP contribution < -0.4 is 11.1 Å². The lowest BCUT2D eigenvalue weighted by molar-refractivity contribution is 0.102. The molecule has 2 aromatic rings. The van der Waals surface area contributed by atoms with Gasteiger partial charge in [0, 0.05) is 16.9 Å². The third-order valence-electron chi connectivity index (χ3n) is 2.77. The Labute approximate surface area is 116 Å². The molecule has 0 fully saturated rings. The molecule has 0 spiro atoms. The van der Waals surface area contributed by atoms with Crippen LogP contribution in [0, 0.1) is 5.82 Å². The van der Waals surface area contributed by atoms with Crippen molar-refractivity contribution < 1.29 is 9.18 Å². The maximum absolute atomic E-state index is 12.8. The second-order valence-corrected chi connectivity index (χ2v) is 4.48. The van der Waals surface area contributed by atoms with Crippen LogP contribution in [0.1, 0.15) is 29.4 Å². The zero-order valence-corrected chi connectivity index (χ0v) is 11.2. The number of carbonyl (C=O) groups excluding carboxylic acids is 1. The van der Waals surface area contributed by atoms with Crippen molar-refractivity contribution in [2.24, 2.45) is 0 Å². The molecule has 1 aromatic heterocycles. The number of rotatable bonds is 4. The summed E-state index contributed by atoms with van der Waals surface area (Å²) >= 11 is 0. The quantitative estimate of drug-likeness (QED) is 0.899. The SMILES string of the molecule is CCCc1cc(C(=O)Nc2ccc(F)cc2)cc(N)n1. The second-order valence-electron chi connectivity index (χ2n) is 4.48. The van der Waals surface area contributed by atoms with Crippen molar-refractivity contribution in [2.45, 2.75) is 19.8 Å². The van der Waals surface area contributed by atoms with Gasteiger partial charge in [-0.2, -0.15) is 0 Å². The number of aromatic nitrogens is 1. The zero-order valence-electron chi connectivity index (χ0n) is 11.2. The monoisotopic (exact) mass is 273 g/mol. The fourth-order valence-electron chi connectivity index (χ4n) is 1.86. The van der Waals surface area contributed by atoms with Crippen LogP contribution in [0.4, 0.5) is 15.9 Å². The highest BCUT2D eigenvalue weighted by molar-refractivity contribution is 6.04. The summed E-state index contributed by atoms with van der Waals surface area (Å²) in [6.45, 7) is 2.03. The van der Waals surface area contributed by atoms with Gasteiger partial charge in [0.15, 0.2) is 0 Å². The third kappa shape index (κ3) is 3.54. The molecule has 1 aromatic carbocycles. The average Bonchev–Trinajstić information content (AvgIpc) is 2.41. The van der Waals surface area contributed by atoms with Crippen molar-refractivity contribution in [3.63, 3.8) is 0 Å². The Hall–Kier alpha value is -2.43. The highest BCUT2D eigenvalue weighted by Gasteiger charge is 2.09. The van der Waals surface area contributed by atoms with E-state index in [0.29, 0.717) is 17.1 Å². The number of hydrogen-bond donors (Lipinski definition) is 2. The van der Waals surface area contributed by atoms with Crippen LogP contribution in [0.3, 0.4) is 0 Å². The molecule has 0 aliphatic carbocycles. The molecule has 20 heavy (non-hydrogen) atoms. The van der Waals surface area contributed by atoms with E-state index in [-0.39, 0.29) is 11.7 Å². The normalized spacial score (nSPS) is 10.3. The van der Waals surface area contributed by atoms with Gasteiger partial charge in [-0.3, -0.25) is 4.79 Å². The molecule has 3 N–H and O–H groups in total. The summed E-state index contributed by atoms with van der Waals surface area (Å²) in [5.74, 6) is -0.315.